The molecule has 3 rings (SSSR count). The summed E-state index contributed by atoms with van der Waals surface area (Å²) >= 11 is 0. The summed E-state index contributed by atoms with van der Waals surface area (Å²) in [5.74, 6) is 0.609. The number of aliphatic hydroxyl groups excluding tert-OH is 1. The predicted molar refractivity (Wildman–Crippen MR) is 83.6 cm³/mol. The molecule has 1 aromatic heterocycles. The van der Waals surface area contributed by atoms with E-state index in [4.69, 9.17) is 0 Å². The summed E-state index contributed by atoms with van der Waals surface area (Å²) in [7, 11) is 1.99. The zero-order chi connectivity index (χ0) is 15.2. The van der Waals surface area contributed by atoms with E-state index in [0.29, 0.717) is 12.3 Å². The van der Waals surface area contributed by atoms with Crippen LogP contribution in [0.4, 0.5) is 0 Å². The molecular formula is C18H25NO2. The van der Waals surface area contributed by atoms with E-state index < -0.39 is 0 Å². The summed E-state index contributed by atoms with van der Waals surface area (Å²) in [5, 5.41) is 10.5. The zero-order valence-corrected chi connectivity index (χ0v) is 13.2. The summed E-state index contributed by atoms with van der Waals surface area (Å²) in [6.45, 7) is 4.21. The molecule has 0 aromatic carbocycles. The van der Waals surface area contributed by atoms with Gasteiger partial charge in [-0.25, -0.2) is 0 Å². The maximum atomic E-state index is 12.7. The second kappa shape index (κ2) is 5.13. The topological polar surface area (TPSA) is 42.2 Å². The van der Waals surface area contributed by atoms with Gasteiger partial charge in [0.15, 0.2) is 5.78 Å². The number of carbonyl (C=O) groups excluding carboxylic acids is 1. The Morgan fingerprint density at radius 3 is 2.86 bits per heavy atom. The number of hydrogen-bond donors (Lipinski definition) is 1. The molecule has 0 radical (unpaired) electrons. The van der Waals surface area contributed by atoms with Crippen LogP contribution in [0.2, 0.25) is 0 Å². The molecule has 2 unspecified atom stereocenters. The van der Waals surface area contributed by atoms with Gasteiger partial charge in [-0.05, 0) is 49.0 Å². The largest absolute Gasteiger partial charge is 0.393 e. The Balaban J connectivity index is 1.98. The standard InChI is InChI=1S/C18H25NO2/c1-12-15-7-4-8-16(20)18(15,2)11-13(17(12)21)10-14-6-5-9-19(14)3/h5-6,9-10,12,15-16,20H,4,7-8,11H2,1-3H3/t12?,15?,16-,18-/m0/s1. The summed E-state index contributed by atoms with van der Waals surface area (Å²) in [6, 6.07) is 4.01. The Kier molecular flexibility index (Phi) is 3.56. The summed E-state index contributed by atoms with van der Waals surface area (Å²) in [6.07, 6.45) is 7.39. The number of carbonyl (C=O) groups is 1. The highest BCUT2D eigenvalue weighted by Crippen LogP contribution is 2.53. The number of aromatic nitrogens is 1. The maximum absolute atomic E-state index is 12.7. The van der Waals surface area contributed by atoms with Gasteiger partial charge in [0.05, 0.1) is 6.10 Å². The van der Waals surface area contributed by atoms with Crippen LogP contribution < -0.4 is 0 Å². The highest BCUT2D eigenvalue weighted by atomic mass is 16.3. The zero-order valence-electron chi connectivity index (χ0n) is 13.2. The van der Waals surface area contributed by atoms with Crippen molar-refractivity contribution in [3.8, 4) is 0 Å². The average molecular weight is 287 g/mol. The summed E-state index contributed by atoms with van der Waals surface area (Å²) < 4.78 is 2.02. The molecule has 21 heavy (non-hydrogen) atoms. The van der Waals surface area contributed by atoms with Crippen molar-refractivity contribution in [1.29, 1.82) is 0 Å². The van der Waals surface area contributed by atoms with Gasteiger partial charge < -0.3 is 9.67 Å². The van der Waals surface area contributed by atoms with Gasteiger partial charge in [-0.2, -0.15) is 0 Å². The summed E-state index contributed by atoms with van der Waals surface area (Å²) in [4.78, 5) is 12.7. The third-order valence-electron chi connectivity index (χ3n) is 5.81. The molecular weight excluding hydrogens is 262 g/mol. The molecule has 114 valence electrons. The Bertz CT molecular complexity index is 586. The van der Waals surface area contributed by atoms with Crippen LogP contribution in [0.1, 0.15) is 45.2 Å². The van der Waals surface area contributed by atoms with E-state index in [1.807, 2.05) is 42.9 Å². The second-order valence-electron chi connectivity index (χ2n) is 7.10. The van der Waals surface area contributed by atoms with Gasteiger partial charge in [0.2, 0.25) is 0 Å². The molecule has 0 bridgehead atoms. The van der Waals surface area contributed by atoms with Gasteiger partial charge in [0.1, 0.15) is 0 Å². The third kappa shape index (κ3) is 2.28. The fourth-order valence-electron chi connectivity index (χ4n) is 4.41. The van der Waals surface area contributed by atoms with Crippen molar-refractivity contribution < 1.29 is 9.90 Å². The molecule has 3 heteroatoms. The van der Waals surface area contributed by atoms with Gasteiger partial charge in [-0.1, -0.05) is 20.3 Å². The monoisotopic (exact) mass is 287 g/mol. The quantitative estimate of drug-likeness (QED) is 0.806. The number of fused-ring (bicyclic) bond motifs is 1. The fraction of sp³-hybridized carbons (Fsp3) is 0.611. The SMILES string of the molecule is CC1C(=O)C(=Cc2cccn2C)C[C@@]2(C)C1CCC[C@@H]2O. The normalized spacial score (nSPS) is 38.6. The van der Waals surface area contributed by atoms with Crippen LogP contribution in [-0.4, -0.2) is 21.6 Å². The Labute approximate surface area is 126 Å². The van der Waals surface area contributed by atoms with Crippen LogP contribution in [-0.2, 0) is 11.8 Å². The number of Topliss-reactive ketones (excluding diaryl/α,β-unsaturated/α-hetero) is 1. The highest BCUT2D eigenvalue weighted by molar-refractivity contribution is 6.02. The van der Waals surface area contributed by atoms with Crippen molar-refractivity contribution in [3.05, 3.63) is 29.6 Å². The molecule has 2 fully saturated rings. The molecule has 0 spiro atoms. The summed E-state index contributed by atoms with van der Waals surface area (Å²) in [5.41, 5.74) is 1.78. The van der Waals surface area contributed by atoms with Crippen LogP contribution in [0.15, 0.2) is 23.9 Å². The Morgan fingerprint density at radius 1 is 1.43 bits per heavy atom. The first-order valence-corrected chi connectivity index (χ1v) is 7.97. The van der Waals surface area contributed by atoms with E-state index in [1.165, 1.54) is 0 Å². The van der Waals surface area contributed by atoms with Crippen molar-refractivity contribution >= 4 is 11.9 Å². The number of aliphatic hydroxyl groups is 1. The van der Waals surface area contributed by atoms with E-state index in [2.05, 4.69) is 6.92 Å². The van der Waals surface area contributed by atoms with Gasteiger partial charge in [-0.15, -0.1) is 0 Å². The van der Waals surface area contributed by atoms with Crippen LogP contribution in [0.3, 0.4) is 0 Å². The fourth-order valence-corrected chi connectivity index (χ4v) is 4.41. The molecule has 0 saturated heterocycles. The predicted octanol–water partition coefficient (Wildman–Crippen LogP) is 3.18. The molecule has 1 heterocycles. The van der Waals surface area contributed by atoms with E-state index in [9.17, 15) is 9.90 Å². The smallest absolute Gasteiger partial charge is 0.162 e. The molecule has 2 saturated carbocycles. The Hall–Kier alpha value is -1.35. The van der Waals surface area contributed by atoms with Crippen molar-refractivity contribution in [1.82, 2.24) is 4.57 Å². The van der Waals surface area contributed by atoms with Crippen molar-refractivity contribution in [3.63, 3.8) is 0 Å². The first-order chi connectivity index (χ1) is 9.93. The lowest BCUT2D eigenvalue weighted by atomic mass is 9.54. The minimum Gasteiger partial charge on any atom is -0.393 e. The van der Waals surface area contributed by atoms with Crippen molar-refractivity contribution in [2.45, 2.75) is 45.6 Å². The van der Waals surface area contributed by atoms with Crippen LogP contribution >= 0.6 is 0 Å². The van der Waals surface area contributed by atoms with E-state index >= 15 is 0 Å². The van der Waals surface area contributed by atoms with Crippen LogP contribution in [0, 0.1) is 17.3 Å². The lowest BCUT2D eigenvalue weighted by Gasteiger charge is -2.51. The number of allylic oxidation sites excluding steroid dienone is 1. The van der Waals surface area contributed by atoms with E-state index in [1.54, 1.807) is 0 Å². The molecule has 0 amide bonds. The number of hydrogen-bond acceptors (Lipinski definition) is 2. The van der Waals surface area contributed by atoms with E-state index in [0.717, 1.165) is 30.5 Å². The van der Waals surface area contributed by atoms with Gasteiger partial charge >= 0.3 is 0 Å². The first kappa shape index (κ1) is 14.6. The number of nitrogens with zero attached hydrogens (tertiary/aromatic N) is 1. The van der Waals surface area contributed by atoms with Crippen LogP contribution in [0.5, 0.6) is 0 Å². The molecule has 4 atom stereocenters. The second-order valence-corrected chi connectivity index (χ2v) is 7.10. The number of rotatable bonds is 1. The minimum absolute atomic E-state index is 0.0187. The maximum Gasteiger partial charge on any atom is 0.162 e. The average Bonchev–Trinajstić information content (AvgIpc) is 2.84. The van der Waals surface area contributed by atoms with Crippen molar-refractivity contribution in [2.75, 3.05) is 0 Å². The highest BCUT2D eigenvalue weighted by Gasteiger charge is 2.51. The molecule has 3 nitrogen and oxygen atoms in total. The van der Waals surface area contributed by atoms with Gasteiger partial charge in [0.25, 0.3) is 0 Å². The number of ketones is 1. The third-order valence-corrected chi connectivity index (χ3v) is 5.81. The molecule has 0 aliphatic heterocycles. The minimum atomic E-state index is -0.288. The first-order valence-electron chi connectivity index (χ1n) is 7.97. The lowest BCUT2D eigenvalue weighted by molar-refractivity contribution is -0.133. The van der Waals surface area contributed by atoms with Gasteiger partial charge in [0, 0.05) is 30.3 Å². The van der Waals surface area contributed by atoms with Crippen LogP contribution in [0.25, 0.3) is 6.08 Å². The van der Waals surface area contributed by atoms with Crippen molar-refractivity contribution in [2.24, 2.45) is 24.3 Å². The Morgan fingerprint density at radius 2 is 2.19 bits per heavy atom. The lowest BCUT2D eigenvalue weighted by Crippen LogP contribution is -2.51. The molecule has 2 aliphatic rings. The van der Waals surface area contributed by atoms with E-state index in [-0.39, 0.29) is 23.2 Å². The molecule has 1 N–H and O–H groups in total. The molecule has 2 aliphatic carbocycles. The number of aryl methyl sites for hydroxylation is 1. The van der Waals surface area contributed by atoms with Gasteiger partial charge in [-0.3, -0.25) is 4.79 Å². The molecule has 1 aromatic rings.